The van der Waals surface area contributed by atoms with Crippen molar-refractivity contribution in [2.45, 2.75) is 19.3 Å². The molecule has 1 aliphatic rings. The number of hydrogen-bond donors (Lipinski definition) is 1. The van der Waals surface area contributed by atoms with Crippen LogP contribution >= 0.6 is 0 Å². The standard InChI is InChI=1S/C13H20N4O2/c1-17(8-10-4-3-5-10)12-6-11(15-9-16-12)14-7-13(18)19-2/h6,9-10H,3-5,7-8H2,1-2H3,(H,14,15,16). The number of carbonyl (C=O) groups excluding carboxylic acids is 1. The lowest BCUT2D eigenvalue weighted by Crippen LogP contribution is -2.30. The van der Waals surface area contributed by atoms with Crippen LogP contribution in [0.3, 0.4) is 0 Å². The monoisotopic (exact) mass is 264 g/mol. The molecule has 0 atom stereocenters. The molecule has 1 heterocycles. The predicted molar refractivity (Wildman–Crippen MR) is 73.1 cm³/mol. The Hall–Kier alpha value is -1.85. The van der Waals surface area contributed by atoms with Gasteiger partial charge in [-0.15, -0.1) is 0 Å². The molecule has 0 aromatic carbocycles. The largest absolute Gasteiger partial charge is 0.468 e. The number of carbonyl (C=O) groups is 1. The summed E-state index contributed by atoms with van der Waals surface area (Å²) < 4.78 is 4.57. The molecule has 19 heavy (non-hydrogen) atoms. The summed E-state index contributed by atoms with van der Waals surface area (Å²) in [5.74, 6) is 1.97. The van der Waals surface area contributed by atoms with Crippen LogP contribution in [0, 0.1) is 5.92 Å². The molecule has 104 valence electrons. The molecule has 0 spiro atoms. The van der Waals surface area contributed by atoms with Gasteiger partial charge < -0.3 is 15.0 Å². The molecule has 6 heteroatoms. The third-order valence-corrected chi connectivity index (χ3v) is 3.44. The van der Waals surface area contributed by atoms with Crippen molar-refractivity contribution in [3.05, 3.63) is 12.4 Å². The predicted octanol–water partition coefficient (Wildman–Crippen LogP) is 1.30. The van der Waals surface area contributed by atoms with Crippen molar-refractivity contribution in [2.24, 2.45) is 5.92 Å². The number of ether oxygens (including phenoxy) is 1. The van der Waals surface area contributed by atoms with E-state index < -0.39 is 0 Å². The zero-order chi connectivity index (χ0) is 13.7. The van der Waals surface area contributed by atoms with E-state index in [0.29, 0.717) is 5.82 Å². The fourth-order valence-corrected chi connectivity index (χ4v) is 2.04. The first kappa shape index (κ1) is 13.6. The summed E-state index contributed by atoms with van der Waals surface area (Å²) >= 11 is 0. The molecule has 0 bridgehead atoms. The van der Waals surface area contributed by atoms with Crippen LogP contribution in [0.25, 0.3) is 0 Å². The molecule has 0 radical (unpaired) electrons. The van der Waals surface area contributed by atoms with Crippen molar-refractivity contribution in [1.29, 1.82) is 0 Å². The van der Waals surface area contributed by atoms with Gasteiger partial charge in [-0.05, 0) is 18.8 Å². The van der Waals surface area contributed by atoms with Gasteiger partial charge in [0.15, 0.2) is 0 Å². The van der Waals surface area contributed by atoms with E-state index in [-0.39, 0.29) is 12.5 Å². The first-order valence-electron chi connectivity index (χ1n) is 6.53. The minimum Gasteiger partial charge on any atom is -0.468 e. The Balaban J connectivity index is 1.91. The second kappa shape index (κ2) is 6.36. The van der Waals surface area contributed by atoms with E-state index >= 15 is 0 Å². The highest BCUT2D eigenvalue weighted by Gasteiger charge is 2.19. The van der Waals surface area contributed by atoms with Gasteiger partial charge in [-0.2, -0.15) is 0 Å². The van der Waals surface area contributed by atoms with E-state index in [2.05, 4.69) is 24.9 Å². The third kappa shape index (κ3) is 3.81. The van der Waals surface area contributed by atoms with Gasteiger partial charge in [0.25, 0.3) is 0 Å². The molecule has 0 unspecified atom stereocenters. The molecule has 0 aliphatic heterocycles. The average Bonchev–Trinajstić information content (AvgIpc) is 2.40. The topological polar surface area (TPSA) is 67.3 Å². The number of aromatic nitrogens is 2. The SMILES string of the molecule is COC(=O)CNc1cc(N(C)CC2CCC2)ncn1. The van der Waals surface area contributed by atoms with Crippen LogP contribution in [0.1, 0.15) is 19.3 Å². The van der Waals surface area contributed by atoms with Crippen molar-refractivity contribution in [3.63, 3.8) is 0 Å². The molecular formula is C13H20N4O2. The summed E-state index contributed by atoms with van der Waals surface area (Å²) in [5, 5.41) is 2.92. The van der Waals surface area contributed by atoms with Gasteiger partial charge in [-0.1, -0.05) is 6.42 Å². The van der Waals surface area contributed by atoms with Gasteiger partial charge >= 0.3 is 5.97 Å². The van der Waals surface area contributed by atoms with Crippen LogP contribution in [0.2, 0.25) is 0 Å². The van der Waals surface area contributed by atoms with Gasteiger partial charge in [0.05, 0.1) is 7.11 Å². The van der Waals surface area contributed by atoms with Crippen molar-refractivity contribution >= 4 is 17.6 Å². The molecule has 1 aromatic heterocycles. The molecule has 1 fully saturated rings. The van der Waals surface area contributed by atoms with E-state index in [4.69, 9.17) is 0 Å². The Labute approximate surface area is 113 Å². The maximum absolute atomic E-state index is 11.1. The number of rotatable bonds is 6. The van der Waals surface area contributed by atoms with Crippen molar-refractivity contribution in [3.8, 4) is 0 Å². The Morgan fingerprint density at radius 3 is 2.95 bits per heavy atom. The molecule has 1 saturated carbocycles. The Bertz CT molecular complexity index is 434. The molecular weight excluding hydrogens is 244 g/mol. The van der Waals surface area contributed by atoms with Crippen LogP contribution < -0.4 is 10.2 Å². The molecule has 6 nitrogen and oxygen atoms in total. The summed E-state index contributed by atoms with van der Waals surface area (Å²) in [6.45, 7) is 1.13. The highest BCUT2D eigenvalue weighted by molar-refractivity contribution is 5.74. The first-order chi connectivity index (χ1) is 9.19. The van der Waals surface area contributed by atoms with Gasteiger partial charge in [0.2, 0.25) is 0 Å². The summed E-state index contributed by atoms with van der Waals surface area (Å²) in [5.41, 5.74) is 0. The summed E-state index contributed by atoms with van der Waals surface area (Å²) in [7, 11) is 3.40. The smallest absolute Gasteiger partial charge is 0.325 e. The number of hydrogen-bond acceptors (Lipinski definition) is 6. The van der Waals surface area contributed by atoms with Gasteiger partial charge in [-0.3, -0.25) is 4.79 Å². The first-order valence-corrected chi connectivity index (χ1v) is 6.53. The normalized spacial score (nSPS) is 14.6. The van der Waals surface area contributed by atoms with E-state index in [9.17, 15) is 4.79 Å². The number of methoxy groups -OCH3 is 1. The summed E-state index contributed by atoms with van der Waals surface area (Å²) in [6, 6.07) is 1.85. The minimum atomic E-state index is -0.317. The fraction of sp³-hybridized carbons (Fsp3) is 0.615. The lowest BCUT2D eigenvalue weighted by Gasteiger charge is -2.30. The molecule has 1 N–H and O–H groups in total. The Kier molecular flexibility index (Phi) is 4.54. The van der Waals surface area contributed by atoms with E-state index in [1.165, 1.54) is 32.7 Å². The molecule has 0 amide bonds. The van der Waals surface area contributed by atoms with Crippen LogP contribution in [-0.4, -0.2) is 43.2 Å². The average molecular weight is 264 g/mol. The lowest BCUT2D eigenvalue weighted by atomic mass is 9.85. The summed E-state index contributed by atoms with van der Waals surface area (Å²) in [4.78, 5) is 21.5. The Morgan fingerprint density at radius 2 is 2.32 bits per heavy atom. The Morgan fingerprint density at radius 1 is 1.53 bits per heavy atom. The van der Waals surface area contributed by atoms with Crippen molar-refractivity contribution in [1.82, 2.24) is 9.97 Å². The second-order valence-corrected chi connectivity index (χ2v) is 4.87. The van der Waals surface area contributed by atoms with Gasteiger partial charge in [0.1, 0.15) is 24.5 Å². The number of nitrogens with zero attached hydrogens (tertiary/aromatic N) is 3. The zero-order valence-electron chi connectivity index (χ0n) is 11.4. The highest BCUT2D eigenvalue weighted by atomic mass is 16.5. The second-order valence-electron chi connectivity index (χ2n) is 4.87. The number of esters is 1. The molecule has 1 aromatic rings. The maximum atomic E-state index is 11.1. The van der Waals surface area contributed by atoms with Crippen LogP contribution in [0.15, 0.2) is 12.4 Å². The summed E-state index contributed by atoms with van der Waals surface area (Å²) in [6.07, 6.45) is 5.46. The van der Waals surface area contributed by atoms with Crippen molar-refractivity contribution < 1.29 is 9.53 Å². The maximum Gasteiger partial charge on any atom is 0.325 e. The minimum absolute atomic E-state index is 0.110. The van der Waals surface area contributed by atoms with Gasteiger partial charge in [0, 0.05) is 19.7 Å². The van der Waals surface area contributed by atoms with Crippen LogP contribution in [-0.2, 0) is 9.53 Å². The molecule has 0 saturated heterocycles. The lowest BCUT2D eigenvalue weighted by molar-refractivity contribution is -0.138. The zero-order valence-corrected chi connectivity index (χ0v) is 11.4. The van der Waals surface area contributed by atoms with E-state index in [0.717, 1.165) is 18.3 Å². The van der Waals surface area contributed by atoms with E-state index in [1.54, 1.807) is 0 Å². The van der Waals surface area contributed by atoms with E-state index in [1.807, 2.05) is 13.1 Å². The number of anilines is 2. The molecule has 1 aliphatic carbocycles. The van der Waals surface area contributed by atoms with Gasteiger partial charge in [-0.25, -0.2) is 9.97 Å². The number of nitrogens with one attached hydrogen (secondary N) is 1. The quantitative estimate of drug-likeness (QED) is 0.781. The van der Waals surface area contributed by atoms with Crippen LogP contribution in [0.4, 0.5) is 11.6 Å². The third-order valence-electron chi connectivity index (χ3n) is 3.44. The molecule has 2 rings (SSSR count). The highest BCUT2D eigenvalue weighted by Crippen LogP contribution is 2.28. The van der Waals surface area contributed by atoms with Crippen molar-refractivity contribution in [2.75, 3.05) is 37.5 Å². The fourth-order valence-electron chi connectivity index (χ4n) is 2.04. The van der Waals surface area contributed by atoms with Crippen LogP contribution in [0.5, 0.6) is 0 Å².